The Morgan fingerprint density at radius 3 is 2.83 bits per heavy atom. The van der Waals surface area contributed by atoms with Crippen molar-refractivity contribution in [3.63, 3.8) is 0 Å². The third kappa shape index (κ3) is 3.66. The molecule has 0 unspecified atom stereocenters. The maximum absolute atomic E-state index is 13.2. The van der Waals surface area contributed by atoms with Crippen LogP contribution in [0.3, 0.4) is 0 Å². The van der Waals surface area contributed by atoms with Gasteiger partial charge in [0.05, 0.1) is 11.9 Å². The van der Waals surface area contributed by atoms with Gasteiger partial charge in [0.25, 0.3) is 5.91 Å². The van der Waals surface area contributed by atoms with Crippen molar-refractivity contribution < 1.29 is 4.79 Å². The molecule has 5 rings (SSSR count). The molecule has 1 fully saturated rings. The number of imidazole rings is 1. The van der Waals surface area contributed by atoms with Gasteiger partial charge in [-0.05, 0) is 36.6 Å². The zero-order valence-corrected chi connectivity index (χ0v) is 16.5. The molecule has 1 aliphatic rings. The van der Waals surface area contributed by atoms with Gasteiger partial charge in [-0.2, -0.15) is 0 Å². The van der Waals surface area contributed by atoms with Crippen molar-refractivity contribution in [2.45, 2.75) is 19.3 Å². The molecular formula is C23H22N6O. The van der Waals surface area contributed by atoms with Gasteiger partial charge >= 0.3 is 0 Å². The summed E-state index contributed by atoms with van der Waals surface area (Å²) < 4.78 is 0. The summed E-state index contributed by atoms with van der Waals surface area (Å²) in [6, 6.07) is 9.85. The number of benzene rings is 1. The summed E-state index contributed by atoms with van der Waals surface area (Å²) in [7, 11) is 0. The first-order valence-electron chi connectivity index (χ1n) is 10.2. The lowest BCUT2D eigenvalue weighted by Crippen LogP contribution is -2.41. The lowest BCUT2D eigenvalue weighted by Gasteiger charge is -2.32. The number of hydrogen-bond donors (Lipinski definition) is 1. The van der Waals surface area contributed by atoms with E-state index in [4.69, 9.17) is 0 Å². The Morgan fingerprint density at radius 1 is 1.07 bits per heavy atom. The van der Waals surface area contributed by atoms with Gasteiger partial charge in [-0.1, -0.05) is 24.3 Å². The highest BCUT2D eigenvalue weighted by Gasteiger charge is 2.26. The zero-order valence-electron chi connectivity index (χ0n) is 16.5. The van der Waals surface area contributed by atoms with Crippen LogP contribution in [0.4, 0.5) is 0 Å². The van der Waals surface area contributed by atoms with Gasteiger partial charge in [-0.15, -0.1) is 0 Å². The van der Waals surface area contributed by atoms with E-state index in [-0.39, 0.29) is 5.91 Å². The van der Waals surface area contributed by atoms with Crippen LogP contribution in [0.15, 0.2) is 61.3 Å². The summed E-state index contributed by atoms with van der Waals surface area (Å²) in [5.74, 6) is 1.09. The molecule has 0 aliphatic carbocycles. The zero-order chi connectivity index (χ0) is 20.3. The van der Waals surface area contributed by atoms with Crippen LogP contribution in [0.25, 0.3) is 22.3 Å². The van der Waals surface area contributed by atoms with Gasteiger partial charge in [-0.3, -0.25) is 14.8 Å². The number of aromatic amines is 1. The van der Waals surface area contributed by atoms with Gasteiger partial charge in [0, 0.05) is 43.3 Å². The maximum Gasteiger partial charge on any atom is 0.273 e. The molecule has 7 heteroatoms. The lowest BCUT2D eigenvalue weighted by molar-refractivity contribution is 0.0669. The standard InChI is InChI=1S/C23H22N6O/c30-23(21-19-6-2-1-5-17(19)7-8-24-21)29-11-3-4-16(15-29)12-18-13-28-20(14-27-18)22-25-9-10-26-22/h1-2,5-10,13-14,16H,3-4,11-12,15H2,(H,25,26)/t16-/m1/s1. The number of rotatable bonds is 4. The molecule has 0 bridgehead atoms. The fourth-order valence-corrected chi connectivity index (χ4v) is 4.14. The minimum Gasteiger partial charge on any atom is -0.343 e. The molecule has 30 heavy (non-hydrogen) atoms. The van der Waals surface area contributed by atoms with E-state index in [1.54, 1.807) is 24.8 Å². The Labute approximate surface area is 174 Å². The second-order valence-corrected chi connectivity index (χ2v) is 7.67. The van der Waals surface area contributed by atoms with Gasteiger partial charge in [0.1, 0.15) is 11.4 Å². The molecule has 1 atom stereocenters. The van der Waals surface area contributed by atoms with Crippen LogP contribution in [0.2, 0.25) is 0 Å². The van der Waals surface area contributed by atoms with E-state index < -0.39 is 0 Å². The monoisotopic (exact) mass is 398 g/mol. The van der Waals surface area contributed by atoms with Crippen molar-refractivity contribution in [1.82, 2.24) is 29.8 Å². The number of nitrogens with zero attached hydrogens (tertiary/aromatic N) is 5. The van der Waals surface area contributed by atoms with Crippen LogP contribution in [0.1, 0.15) is 29.0 Å². The third-order valence-corrected chi connectivity index (χ3v) is 5.63. The molecule has 3 aromatic heterocycles. The van der Waals surface area contributed by atoms with Crippen LogP contribution in [0, 0.1) is 5.92 Å². The fourth-order valence-electron chi connectivity index (χ4n) is 4.14. The van der Waals surface area contributed by atoms with Crippen molar-refractivity contribution in [3.8, 4) is 11.5 Å². The van der Waals surface area contributed by atoms with E-state index in [0.717, 1.165) is 48.0 Å². The van der Waals surface area contributed by atoms with Crippen molar-refractivity contribution in [2.24, 2.45) is 5.92 Å². The quantitative estimate of drug-likeness (QED) is 0.568. The number of hydrogen-bond acceptors (Lipinski definition) is 5. The van der Waals surface area contributed by atoms with Crippen LogP contribution < -0.4 is 0 Å². The minimum absolute atomic E-state index is 0.00996. The largest absolute Gasteiger partial charge is 0.343 e. The Kier molecular flexibility index (Phi) is 4.93. The van der Waals surface area contributed by atoms with Crippen LogP contribution in [-0.4, -0.2) is 48.8 Å². The van der Waals surface area contributed by atoms with E-state index >= 15 is 0 Å². The van der Waals surface area contributed by atoms with Crippen LogP contribution >= 0.6 is 0 Å². The molecule has 0 radical (unpaired) electrons. The van der Waals surface area contributed by atoms with E-state index in [9.17, 15) is 4.79 Å². The molecule has 1 aliphatic heterocycles. The molecule has 4 heterocycles. The highest BCUT2D eigenvalue weighted by molar-refractivity contribution is 6.05. The number of piperidine rings is 1. The average molecular weight is 398 g/mol. The molecule has 1 amide bonds. The second-order valence-electron chi connectivity index (χ2n) is 7.67. The number of carbonyl (C=O) groups is 1. The van der Waals surface area contributed by atoms with Gasteiger partial charge in [0.2, 0.25) is 0 Å². The van der Waals surface area contributed by atoms with E-state index in [0.29, 0.717) is 24.0 Å². The van der Waals surface area contributed by atoms with E-state index in [1.807, 2.05) is 41.4 Å². The van der Waals surface area contributed by atoms with Crippen molar-refractivity contribution in [2.75, 3.05) is 13.1 Å². The van der Waals surface area contributed by atoms with Crippen LogP contribution in [-0.2, 0) is 6.42 Å². The first kappa shape index (κ1) is 18.4. The Balaban J connectivity index is 1.29. The number of aromatic nitrogens is 5. The van der Waals surface area contributed by atoms with Crippen molar-refractivity contribution in [3.05, 3.63) is 72.7 Å². The number of amides is 1. The summed E-state index contributed by atoms with van der Waals surface area (Å²) in [5.41, 5.74) is 2.20. The molecule has 1 saturated heterocycles. The first-order valence-corrected chi connectivity index (χ1v) is 10.2. The molecule has 150 valence electrons. The van der Waals surface area contributed by atoms with Gasteiger partial charge < -0.3 is 9.88 Å². The SMILES string of the molecule is O=C(c1nccc2ccccc12)N1CCC[C@H](Cc2cnc(-c3ncc[nH]3)cn2)C1. The summed E-state index contributed by atoms with van der Waals surface area (Å²) >= 11 is 0. The van der Waals surface area contributed by atoms with E-state index in [2.05, 4.69) is 24.9 Å². The molecule has 4 aromatic rings. The van der Waals surface area contributed by atoms with E-state index in [1.165, 1.54) is 0 Å². The molecular weight excluding hydrogens is 376 g/mol. The number of fused-ring (bicyclic) bond motifs is 1. The minimum atomic E-state index is 0.00996. The molecule has 0 spiro atoms. The first-order chi connectivity index (χ1) is 14.8. The summed E-state index contributed by atoms with van der Waals surface area (Å²) in [5, 5.41) is 1.95. The topological polar surface area (TPSA) is 87.7 Å². The maximum atomic E-state index is 13.2. The molecule has 1 N–H and O–H groups in total. The number of H-pyrrole nitrogens is 1. The molecule has 0 saturated carbocycles. The summed E-state index contributed by atoms with van der Waals surface area (Å²) in [6.07, 6.45) is 11.6. The number of likely N-dealkylation sites (tertiary alicyclic amines) is 1. The second kappa shape index (κ2) is 8.02. The smallest absolute Gasteiger partial charge is 0.273 e. The van der Waals surface area contributed by atoms with Crippen molar-refractivity contribution >= 4 is 16.7 Å². The fraction of sp³-hybridized carbons (Fsp3) is 0.261. The number of pyridine rings is 1. The average Bonchev–Trinajstić information content (AvgIpc) is 3.34. The normalized spacial score (nSPS) is 16.7. The highest BCUT2D eigenvalue weighted by atomic mass is 16.2. The number of nitrogens with one attached hydrogen (secondary N) is 1. The van der Waals surface area contributed by atoms with Crippen molar-refractivity contribution in [1.29, 1.82) is 0 Å². The Bertz CT molecular complexity index is 1150. The lowest BCUT2D eigenvalue weighted by atomic mass is 9.93. The predicted molar refractivity (Wildman–Crippen MR) is 114 cm³/mol. The third-order valence-electron chi connectivity index (χ3n) is 5.63. The van der Waals surface area contributed by atoms with Crippen LogP contribution in [0.5, 0.6) is 0 Å². The van der Waals surface area contributed by atoms with Gasteiger partial charge in [-0.25, -0.2) is 9.97 Å². The molecule has 1 aromatic carbocycles. The Hall–Kier alpha value is -3.61. The Morgan fingerprint density at radius 2 is 2.00 bits per heavy atom. The highest BCUT2D eigenvalue weighted by Crippen LogP contribution is 2.24. The molecule has 7 nitrogen and oxygen atoms in total. The summed E-state index contributed by atoms with van der Waals surface area (Å²) in [4.78, 5) is 35.8. The number of carbonyl (C=O) groups excluding carboxylic acids is 1. The van der Waals surface area contributed by atoms with Gasteiger partial charge in [0.15, 0.2) is 5.82 Å². The predicted octanol–water partition coefficient (Wildman–Crippen LogP) is 3.51. The summed E-state index contributed by atoms with van der Waals surface area (Å²) in [6.45, 7) is 1.48.